The summed E-state index contributed by atoms with van der Waals surface area (Å²) >= 11 is 0. The van der Waals surface area contributed by atoms with Crippen LogP contribution in [0.25, 0.3) is 0 Å². The molecule has 0 saturated heterocycles. The zero-order valence-corrected chi connectivity index (χ0v) is 31.1. The van der Waals surface area contributed by atoms with Crippen molar-refractivity contribution in [2.24, 2.45) is 0 Å². The highest BCUT2D eigenvalue weighted by molar-refractivity contribution is 7.65. The second-order valence-corrected chi connectivity index (χ2v) is 27.7. The van der Waals surface area contributed by atoms with Gasteiger partial charge in [0.2, 0.25) is 0 Å². The Morgan fingerprint density at radius 3 is 0.361 bits per heavy atom. The minimum Gasteiger partial charge on any atom is -0.302 e. The van der Waals surface area contributed by atoms with Crippen molar-refractivity contribution in [3.8, 4) is 0 Å². The zero-order chi connectivity index (χ0) is 50.5. The molecule has 0 aromatic rings. The number of hydrogen-bond acceptors (Lipinski definition) is 7. The molecule has 0 N–H and O–H groups in total. The molecule has 0 bridgehead atoms. The van der Waals surface area contributed by atoms with Crippen LogP contribution in [0.1, 0.15) is 0 Å². The first-order valence-corrected chi connectivity index (χ1v) is 22.6. The smallest absolute Gasteiger partial charge is 0.302 e. The van der Waals surface area contributed by atoms with E-state index in [1.807, 2.05) is 0 Å². The average Bonchev–Trinajstić information content (AvgIpc) is 2.83. The molecule has 0 aromatic carbocycles. The van der Waals surface area contributed by atoms with Crippen LogP contribution in [0.15, 0.2) is 0 Å². The van der Waals surface area contributed by atoms with E-state index in [1.165, 1.54) is 21.2 Å². The Hall–Kier alpha value is -1.39. The first kappa shape index (κ1) is 59.6. The third-order valence-corrected chi connectivity index (χ3v) is 25.1. The molecule has 0 aromatic heterocycles. The highest BCUT2D eigenvalue weighted by Gasteiger charge is 2.98. The molecular formula is C12F36O7P2Si4. The highest BCUT2D eigenvalue weighted by Crippen LogP contribution is 2.77. The summed E-state index contributed by atoms with van der Waals surface area (Å²) in [5, 5.41) is 0. The maximum absolute atomic E-state index is 13.5. The van der Waals surface area contributed by atoms with Crippen LogP contribution in [0.4, 0.5) is 158 Å². The van der Waals surface area contributed by atoms with E-state index in [0.717, 1.165) is 0 Å². The third kappa shape index (κ3) is 10.1. The molecule has 0 aliphatic rings. The van der Waals surface area contributed by atoms with E-state index in [1.54, 1.807) is 0 Å². The topological polar surface area (TPSA) is 80.3 Å². The molecule has 0 aliphatic heterocycles. The van der Waals surface area contributed by atoms with E-state index in [0.29, 0.717) is 0 Å². The van der Waals surface area contributed by atoms with Crippen molar-refractivity contribution in [2.45, 2.75) is 69.6 Å². The minimum absolute atomic E-state index is 1.22. The van der Waals surface area contributed by atoms with E-state index >= 15 is 0 Å². The van der Waals surface area contributed by atoms with Gasteiger partial charge in [-0.2, -0.15) is 162 Å². The molecule has 0 amide bonds. The van der Waals surface area contributed by atoms with E-state index in [-0.39, 0.29) is 0 Å². The van der Waals surface area contributed by atoms with Gasteiger partial charge in [-0.1, -0.05) is 0 Å². The lowest BCUT2D eigenvalue weighted by atomic mass is 11.4. The molecule has 0 radical (unpaired) electrons. The first-order valence-electron chi connectivity index (χ1n) is 12.1. The minimum atomic E-state index is -11.9. The zero-order valence-electron chi connectivity index (χ0n) is 25.4. The Bertz CT molecular complexity index is 1270. The highest BCUT2D eigenvalue weighted by atomic mass is 31.3. The monoisotopic (exact) mass is 1110 g/mol. The molecule has 0 fully saturated rings. The summed E-state index contributed by atoms with van der Waals surface area (Å²) in [4.78, 5) is 0. The summed E-state index contributed by atoms with van der Waals surface area (Å²) in [5.41, 5.74) is 0. The van der Waals surface area contributed by atoms with Gasteiger partial charge in [-0.05, 0) is 0 Å². The molecule has 0 rings (SSSR count). The molecule has 0 spiro atoms. The fraction of sp³-hybridized carbons (Fsp3) is 1.00. The predicted molar refractivity (Wildman–Crippen MR) is 116 cm³/mol. The Labute approximate surface area is 307 Å². The summed E-state index contributed by atoms with van der Waals surface area (Å²) < 4.78 is 519. The second-order valence-electron chi connectivity index (χ2n) is 10.0. The van der Waals surface area contributed by atoms with Gasteiger partial charge in [0, 0.05) is 0 Å². The lowest BCUT2D eigenvalue weighted by Crippen LogP contribution is -2.76. The third-order valence-electron chi connectivity index (χ3n) is 5.99. The van der Waals surface area contributed by atoms with Crippen LogP contribution in [-0.2, 0) is 30.3 Å². The lowest BCUT2D eigenvalue weighted by molar-refractivity contribution is -0.189. The van der Waals surface area contributed by atoms with E-state index in [9.17, 15) is 167 Å². The number of phosphoric acid groups is 2. The van der Waals surface area contributed by atoms with Gasteiger partial charge in [0.15, 0.2) is 0 Å². The molecule has 0 atom stereocenters. The largest absolute Gasteiger partial charge is 0.556 e. The normalized spacial score (nSPS) is 17.0. The standard InChI is InChI=1S/C12F36O7P2Si4/c13-1(14,15)58(2(16,17)18,3(19,20)21)52-56(49,53-59(4(22,23)24,5(25,26)27)6(28,29)30)51-57(50,54-60(7(31,32)33,8(34,35)36)9(37,38)39)55-61(10(40,41)42,11(43,44)45)12(46,47)48. The van der Waals surface area contributed by atoms with Crippen molar-refractivity contribution in [2.75, 3.05) is 0 Å². The number of rotatable bonds is 10. The van der Waals surface area contributed by atoms with Crippen molar-refractivity contribution in [1.29, 1.82) is 0 Å². The Morgan fingerprint density at radius 2 is 0.295 bits per heavy atom. The fourth-order valence-corrected chi connectivity index (χ4v) is 21.3. The van der Waals surface area contributed by atoms with Crippen molar-refractivity contribution in [1.82, 2.24) is 0 Å². The van der Waals surface area contributed by atoms with Crippen molar-refractivity contribution in [3.63, 3.8) is 0 Å². The lowest BCUT2D eigenvalue weighted by Gasteiger charge is -2.43. The van der Waals surface area contributed by atoms with Crippen LogP contribution < -0.4 is 0 Å². The van der Waals surface area contributed by atoms with E-state index in [4.69, 9.17) is 0 Å². The molecule has 49 heteroatoms. The predicted octanol–water partition coefficient (Wildman–Crippen LogP) is 12.3. The molecule has 0 saturated carbocycles. The molecule has 0 heterocycles. The summed E-state index contributed by atoms with van der Waals surface area (Å²) in [6, 6.07) is 0. The Kier molecular flexibility index (Phi) is 15.3. The summed E-state index contributed by atoms with van der Waals surface area (Å²) in [7, 11) is -70.6. The molecule has 368 valence electrons. The Balaban J connectivity index is 10.0. The van der Waals surface area contributed by atoms with Gasteiger partial charge >= 0.3 is 119 Å². The number of halogens is 36. The molecule has 61 heavy (non-hydrogen) atoms. The van der Waals surface area contributed by atoms with E-state index < -0.39 is 119 Å². The quantitative estimate of drug-likeness (QED) is 0.122. The van der Waals surface area contributed by atoms with Gasteiger partial charge in [0.25, 0.3) is 0 Å². The summed E-state index contributed by atoms with van der Waals surface area (Å²) in [5.74, 6) is -110. The van der Waals surface area contributed by atoms with Crippen molar-refractivity contribution in [3.05, 3.63) is 0 Å². The van der Waals surface area contributed by atoms with Gasteiger partial charge in [0.1, 0.15) is 0 Å². The van der Waals surface area contributed by atoms with Crippen LogP contribution >= 0.6 is 15.6 Å². The summed E-state index contributed by atoms with van der Waals surface area (Å²) in [6.45, 7) is 0. The molecule has 0 unspecified atom stereocenters. The van der Waals surface area contributed by atoms with Crippen molar-refractivity contribution >= 4 is 48.9 Å². The van der Waals surface area contributed by atoms with Crippen LogP contribution in [-0.4, -0.2) is 103 Å². The second kappa shape index (κ2) is 15.6. The van der Waals surface area contributed by atoms with Gasteiger partial charge in [0.05, 0.1) is 0 Å². The fourth-order valence-electron chi connectivity index (χ4n) is 3.45. The summed E-state index contributed by atoms with van der Waals surface area (Å²) in [6.07, 6.45) is 0. The SMILES string of the molecule is O=P(O[Si](C(F)(F)F)(C(F)(F)F)C(F)(F)F)(O[Si](C(F)(F)F)(C(F)(F)F)C(F)(F)F)OP(=O)(O[Si](C(F)(F)F)(C(F)(F)F)C(F)(F)F)O[Si](C(F)(F)F)(C(F)(F)F)C(F)(F)F. The van der Waals surface area contributed by atoms with Gasteiger partial charge < -0.3 is 16.9 Å². The first-order chi connectivity index (χ1) is 25.5. The average molecular weight is 1110 g/mol. The Morgan fingerprint density at radius 1 is 0.213 bits per heavy atom. The van der Waals surface area contributed by atoms with Crippen molar-refractivity contribution < 1.29 is 188 Å². The molecular weight excluding hydrogens is 1110 g/mol. The number of alkyl halides is 36. The van der Waals surface area contributed by atoms with E-state index in [2.05, 4.69) is 0 Å². The van der Waals surface area contributed by atoms with Gasteiger partial charge in [-0.25, -0.2) is 9.13 Å². The maximum atomic E-state index is 13.5. The molecule has 7 nitrogen and oxygen atoms in total. The maximum Gasteiger partial charge on any atom is 0.556 e. The van der Waals surface area contributed by atoms with Crippen LogP contribution in [0.2, 0.25) is 0 Å². The van der Waals surface area contributed by atoms with Crippen LogP contribution in [0, 0.1) is 0 Å². The van der Waals surface area contributed by atoms with Crippen LogP contribution in [0.5, 0.6) is 0 Å². The molecule has 0 aliphatic carbocycles. The number of hydrogen-bond donors (Lipinski definition) is 0. The van der Waals surface area contributed by atoms with Gasteiger partial charge in [-0.3, -0.25) is 0 Å². The van der Waals surface area contributed by atoms with Gasteiger partial charge in [-0.15, -0.1) is 0 Å². The van der Waals surface area contributed by atoms with Crippen LogP contribution in [0.3, 0.4) is 0 Å².